The zero-order valence-corrected chi connectivity index (χ0v) is 7.98. The standard InChI is InChI=1S/C12H14O2/c1-2-10-3-5-11(6-4-10)7-12(8-13)9-14/h1,3-6,12-14H,7-9H2. The molecule has 2 heteroatoms. The summed E-state index contributed by atoms with van der Waals surface area (Å²) in [6, 6.07) is 7.57. The van der Waals surface area contributed by atoms with E-state index in [2.05, 4.69) is 5.92 Å². The molecule has 0 heterocycles. The Balaban J connectivity index is 2.64. The molecule has 0 unspecified atom stereocenters. The molecule has 0 aliphatic carbocycles. The van der Waals surface area contributed by atoms with Crippen LogP contribution in [0, 0.1) is 18.3 Å². The largest absolute Gasteiger partial charge is 0.396 e. The maximum atomic E-state index is 8.90. The van der Waals surface area contributed by atoms with Crippen molar-refractivity contribution >= 4 is 0 Å². The fourth-order valence-corrected chi connectivity index (χ4v) is 1.26. The van der Waals surface area contributed by atoms with Crippen LogP contribution in [0.3, 0.4) is 0 Å². The zero-order chi connectivity index (χ0) is 10.4. The van der Waals surface area contributed by atoms with Gasteiger partial charge in [0.15, 0.2) is 0 Å². The first-order valence-electron chi connectivity index (χ1n) is 4.57. The van der Waals surface area contributed by atoms with Crippen molar-refractivity contribution in [2.24, 2.45) is 5.92 Å². The van der Waals surface area contributed by atoms with E-state index >= 15 is 0 Å². The fourth-order valence-electron chi connectivity index (χ4n) is 1.26. The maximum absolute atomic E-state index is 8.90. The zero-order valence-electron chi connectivity index (χ0n) is 7.98. The van der Waals surface area contributed by atoms with E-state index < -0.39 is 0 Å². The lowest BCUT2D eigenvalue weighted by molar-refractivity contribution is 0.150. The van der Waals surface area contributed by atoms with E-state index in [4.69, 9.17) is 16.6 Å². The molecule has 74 valence electrons. The summed E-state index contributed by atoms with van der Waals surface area (Å²) in [5, 5.41) is 17.8. The third kappa shape index (κ3) is 2.88. The van der Waals surface area contributed by atoms with Gasteiger partial charge in [0, 0.05) is 24.7 Å². The molecule has 0 radical (unpaired) electrons. The summed E-state index contributed by atoms with van der Waals surface area (Å²) >= 11 is 0. The molecule has 0 aliphatic rings. The Labute approximate surface area is 84.2 Å². The average Bonchev–Trinajstić information content (AvgIpc) is 2.26. The van der Waals surface area contributed by atoms with Gasteiger partial charge in [0.25, 0.3) is 0 Å². The predicted octanol–water partition coefficient (Wildman–Crippen LogP) is 0.811. The summed E-state index contributed by atoms with van der Waals surface area (Å²) in [5.41, 5.74) is 1.93. The quantitative estimate of drug-likeness (QED) is 0.690. The summed E-state index contributed by atoms with van der Waals surface area (Å²) in [6.07, 6.45) is 5.90. The molecule has 2 nitrogen and oxygen atoms in total. The predicted molar refractivity (Wildman–Crippen MR) is 55.7 cm³/mol. The second-order valence-corrected chi connectivity index (χ2v) is 3.28. The highest BCUT2D eigenvalue weighted by Crippen LogP contribution is 2.09. The highest BCUT2D eigenvalue weighted by molar-refractivity contribution is 5.34. The lowest BCUT2D eigenvalue weighted by Crippen LogP contribution is -2.13. The molecule has 0 bridgehead atoms. The molecule has 1 rings (SSSR count). The van der Waals surface area contributed by atoms with Gasteiger partial charge in [0.05, 0.1) is 0 Å². The van der Waals surface area contributed by atoms with Gasteiger partial charge in [-0.25, -0.2) is 0 Å². The third-order valence-corrected chi connectivity index (χ3v) is 2.16. The van der Waals surface area contributed by atoms with E-state index in [9.17, 15) is 0 Å². The summed E-state index contributed by atoms with van der Waals surface area (Å²) in [7, 11) is 0. The van der Waals surface area contributed by atoms with Gasteiger partial charge < -0.3 is 10.2 Å². The molecule has 0 fully saturated rings. The Kier molecular flexibility index (Phi) is 4.18. The van der Waals surface area contributed by atoms with Gasteiger partial charge in [-0.2, -0.15) is 0 Å². The van der Waals surface area contributed by atoms with Gasteiger partial charge in [-0.15, -0.1) is 6.42 Å². The normalized spacial score (nSPS) is 10.1. The van der Waals surface area contributed by atoms with E-state index in [1.54, 1.807) is 0 Å². The van der Waals surface area contributed by atoms with Gasteiger partial charge >= 0.3 is 0 Å². The number of hydrogen-bond acceptors (Lipinski definition) is 2. The van der Waals surface area contributed by atoms with Crippen molar-refractivity contribution in [1.82, 2.24) is 0 Å². The van der Waals surface area contributed by atoms with Crippen molar-refractivity contribution in [2.45, 2.75) is 6.42 Å². The Bertz CT molecular complexity index is 304. The topological polar surface area (TPSA) is 40.5 Å². The number of aliphatic hydroxyl groups excluding tert-OH is 2. The number of rotatable bonds is 4. The van der Waals surface area contributed by atoms with E-state index in [1.165, 1.54) is 0 Å². The minimum Gasteiger partial charge on any atom is -0.396 e. The van der Waals surface area contributed by atoms with Crippen LogP contribution >= 0.6 is 0 Å². The first-order valence-corrected chi connectivity index (χ1v) is 4.57. The molecule has 1 aromatic rings. The van der Waals surface area contributed by atoms with Crippen LogP contribution in [0.15, 0.2) is 24.3 Å². The van der Waals surface area contributed by atoms with Crippen LogP contribution in [0.2, 0.25) is 0 Å². The minimum absolute atomic E-state index is 0.00733. The van der Waals surface area contributed by atoms with Gasteiger partial charge in [-0.3, -0.25) is 0 Å². The average molecular weight is 190 g/mol. The molecule has 1 aromatic carbocycles. The van der Waals surface area contributed by atoms with E-state index in [-0.39, 0.29) is 19.1 Å². The summed E-state index contributed by atoms with van der Waals surface area (Å²) in [5.74, 6) is 2.46. The van der Waals surface area contributed by atoms with Crippen LogP contribution in [0.1, 0.15) is 11.1 Å². The van der Waals surface area contributed by atoms with Crippen molar-refractivity contribution in [3.63, 3.8) is 0 Å². The molecule has 14 heavy (non-hydrogen) atoms. The highest BCUT2D eigenvalue weighted by Gasteiger charge is 2.06. The SMILES string of the molecule is C#Cc1ccc(CC(CO)CO)cc1. The molecule has 0 atom stereocenters. The summed E-state index contributed by atoms with van der Waals surface area (Å²) in [6.45, 7) is 0.0147. The molecule has 0 saturated carbocycles. The third-order valence-electron chi connectivity index (χ3n) is 2.16. The number of hydrogen-bond donors (Lipinski definition) is 2. The first-order chi connectivity index (χ1) is 6.80. The van der Waals surface area contributed by atoms with Crippen LogP contribution < -0.4 is 0 Å². The lowest BCUT2D eigenvalue weighted by Gasteiger charge is -2.10. The van der Waals surface area contributed by atoms with Crippen LogP contribution in [0.25, 0.3) is 0 Å². The van der Waals surface area contributed by atoms with Gasteiger partial charge in [-0.05, 0) is 24.1 Å². The minimum atomic E-state index is -0.0771. The van der Waals surface area contributed by atoms with Gasteiger partial charge in [-0.1, -0.05) is 18.1 Å². The van der Waals surface area contributed by atoms with Crippen molar-refractivity contribution in [3.8, 4) is 12.3 Å². The Morgan fingerprint density at radius 2 is 1.71 bits per heavy atom. The Hall–Kier alpha value is -1.30. The molecule has 0 amide bonds. The number of terminal acetylenes is 1. The molecule has 0 saturated heterocycles. The monoisotopic (exact) mass is 190 g/mol. The van der Waals surface area contributed by atoms with Crippen LogP contribution in [0.5, 0.6) is 0 Å². The van der Waals surface area contributed by atoms with Crippen molar-refractivity contribution in [2.75, 3.05) is 13.2 Å². The Morgan fingerprint density at radius 3 is 2.14 bits per heavy atom. The molecule has 0 aliphatic heterocycles. The molecule has 2 N–H and O–H groups in total. The molecular formula is C12H14O2. The van der Waals surface area contributed by atoms with Gasteiger partial charge in [0.2, 0.25) is 0 Å². The van der Waals surface area contributed by atoms with Crippen LogP contribution in [-0.4, -0.2) is 23.4 Å². The first kappa shape index (κ1) is 10.8. The van der Waals surface area contributed by atoms with E-state index in [0.717, 1.165) is 11.1 Å². The van der Waals surface area contributed by atoms with Crippen molar-refractivity contribution in [1.29, 1.82) is 0 Å². The smallest absolute Gasteiger partial charge is 0.0484 e. The van der Waals surface area contributed by atoms with Crippen LogP contribution in [-0.2, 0) is 6.42 Å². The lowest BCUT2D eigenvalue weighted by atomic mass is 10.00. The molecular weight excluding hydrogens is 176 g/mol. The summed E-state index contributed by atoms with van der Waals surface area (Å²) in [4.78, 5) is 0. The van der Waals surface area contributed by atoms with Crippen molar-refractivity contribution < 1.29 is 10.2 Å². The van der Waals surface area contributed by atoms with E-state index in [0.29, 0.717) is 6.42 Å². The summed E-state index contributed by atoms with van der Waals surface area (Å²) < 4.78 is 0. The molecule has 0 spiro atoms. The molecule has 0 aromatic heterocycles. The second-order valence-electron chi connectivity index (χ2n) is 3.28. The highest BCUT2D eigenvalue weighted by atomic mass is 16.3. The second kappa shape index (κ2) is 5.43. The van der Waals surface area contributed by atoms with Gasteiger partial charge in [0.1, 0.15) is 0 Å². The Morgan fingerprint density at radius 1 is 1.14 bits per heavy atom. The van der Waals surface area contributed by atoms with Crippen molar-refractivity contribution in [3.05, 3.63) is 35.4 Å². The number of aliphatic hydroxyl groups is 2. The van der Waals surface area contributed by atoms with Crippen LogP contribution in [0.4, 0.5) is 0 Å². The van der Waals surface area contributed by atoms with E-state index in [1.807, 2.05) is 24.3 Å². The fraction of sp³-hybridized carbons (Fsp3) is 0.333. The maximum Gasteiger partial charge on any atom is 0.0484 e. The number of benzene rings is 1.